The molecule has 0 spiro atoms. The highest BCUT2D eigenvalue weighted by Crippen LogP contribution is 2.45. The summed E-state index contributed by atoms with van der Waals surface area (Å²) in [5.74, 6) is -1.25. The molecule has 1 N–H and O–H groups in total. The van der Waals surface area contributed by atoms with Gasteiger partial charge in [-0.3, -0.25) is 0 Å². The van der Waals surface area contributed by atoms with Gasteiger partial charge in [0.2, 0.25) is 0 Å². The molecule has 0 aromatic heterocycles. The summed E-state index contributed by atoms with van der Waals surface area (Å²) in [5.41, 5.74) is -0.704. The molecular formula is C14H18F2O. The van der Waals surface area contributed by atoms with Gasteiger partial charge in [-0.1, -0.05) is 19.9 Å². The van der Waals surface area contributed by atoms with Crippen molar-refractivity contribution in [2.45, 2.75) is 45.1 Å². The van der Waals surface area contributed by atoms with Crippen LogP contribution in [0.1, 0.15) is 45.1 Å². The van der Waals surface area contributed by atoms with Crippen LogP contribution in [-0.4, -0.2) is 5.11 Å². The zero-order chi connectivity index (χ0) is 12.7. The van der Waals surface area contributed by atoms with Crippen LogP contribution in [0.3, 0.4) is 0 Å². The maximum absolute atomic E-state index is 13.7. The van der Waals surface area contributed by atoms with Gasteiger partial charge in [0, 0.05) is 11.6 Å². The van der Waals surface area contributed by atoms with Crippen LogP contribution in [0.25, 0.3) is 0 Å². The van der Waals surface area contributed by atoms with Gasteiger partial charge in [-0.2, -0.15) is 0 Å². The molecule has 17 heavy (non-hydrogen) atoms. The molecule has 1 aliphatic rings. The van der Waals surface area contributed by atoms with Crippen molar-refractivity contribution in [3.63, 3.8) is 0 Å². The quantitative estimate of drug-likeness (QED) is 0.792. The molecule has 2 rings (SSSR count). The molecule has 0 saturated heterocycles. The second kappa shape index (κ2) is 4.05. The van der Waals surface area contributed by atoms with E-state index in [0.29, 0.717) is 12.8 Å². The third-order valence-electron chi connectivity index (χ3n) is 3.86. The van der Waals surface area contributed by atoms with E-state index >= 15 is 0 Å². The van der Waals surface area contributed by atoms with Crippen molar-refractivity contribution in [2.24, 2.45) is 5.41 Å². The molecule has 0 aliphatic heterocycles. The second-order valence-electron chi connectivity index (χ2n) is 5.82. The van der Waals surface area contributed by atoms with E-state index in [4.69, 9.17) is 0 Å². The number of benzene rings is 1. The van der Waals surface area contributed by atoms with Crippen molar-refractivity contribution in [2.75, 3.05) is 0 Å². The van der Waals surface area contributed by atoms with Gasteiger partial charge in [0.05, 0.1) is 5.60 Å². The van der Waals surface area contributed by atoms with E-state index < -0.39 is 17.2 Å². The molecule has 94 valence electrons. The fraction of sp³-hybridized carbons (Fsp3) is 0.571. The molecule has 3 heteroatoms. The van der Waals surface area contributed by atoms with Crippen LogP contribution in [0, 0.1) is 17.0 Å². The lowest BCUT2D eigenvalue weighted by molar-refractivity contribution is -0.0331. The van der Waals surface area contributed by atoms with Crippen molar-refractivity contribution < 1.29 is 13.9 Å². The number of halogens is 2. The largest absolute Gasteiger partial charge is 0.385 e. The Morgan fingerprint density at radius 1 is 1.06 bits per heavy atom. The normalized spacial score (nSPS) is 22.4. The molecule has 0 atom stereocenters. The number of aliphatic hydroxyl groups is 1. The Balaban J connectivity index is 2.27. The lowest BCUT2D eigenvalue weighted by Gasteiger charge is -2.40. The van der Waals surface area contributed by atoms with E-state index in [-0.39, 0.29) is 11.0 Å². The molecule has 1 aliphatic carbocycles. The molecule has 1 saturated carbocycles. The fourth-order valence-electron chi connectivity index (χ4n) is 2.48. The molecule has 0 radical (unpaired) electrons. The van der Waals surface area contributed by atoms with Crippen molar-refractivity contribution in [1.29, 1.82) is 0 Å². The predicted octanol–water partition coefficient (Wildman–Crippen LogP) is 3.75. The smallest absolute Gasteiger partial charge is 0.132 e. The molecule has 0 bridgehead atoms. The van der Waals surface area contributed by atoms with Crippen LogP contribution >= 0.6 is 0 Å². The van der Waals surface area contributed by atoms with Gasteiger partial charge in [0.1, 0.15) is 11.6 Å². The first-order chi connectivity index (χ1) is 7.82. The lowest BCUT2D eigenvalue weighted by atomic mass is 9.69. The highest BCUT2D eigenvalue weighted by Gasteiger charge is 2.39. The zero-order valence-corrected chi connectivity index (χ0v) is 10.3. The third-order valence-corrected chi connectivity index (χ3v) is 3.86. The average molecular weight is 240 g/mol. The fourth-order valence-corrected chi connectivity index (χ4v) is 2.48. The van der Waals surface area contributed by atoms with Crippen molar-refractivity contribution in [1.82, 2.24) is 0 Å². The summed E-state index contributed by atoms with van der Waals surface area (Å²) in [6.45, 7) is 4.29. The summed E-state index contributed by atoms with van der Waals surface area (Å²) in [5, 5.41) is 10.5. The van der Waals surface area contributed by atoms with Crippen LogP contribution < -0.4 is 0 Å². The molecule has 0 heterocycles. The summed E-state index contributed by atoms with van der Waals surface area (Å²) in [7, 11) is 0. The van der Waals surface area contributed by atoms with Gasteiger partial charge in [-0.05, 0) is 37.2 Å². The zero-order valence-electron chi connectivity index (χ0n) is 10.3. The van der Waals surface area contributed by atoms with Crippen molar-refractivity contribution >= 4 is 0 Å². The van der Waals surface area contributed by atoms with Gasteiger partial charge in [-0.15, -0.1) is 0 Å². The van der Waals surface area contributed by atoms with E-state index in [1.54, 1.807) is 0 Å². The Bertz CT molecular complexity index is 416. The number of hydrogen-bond donors (Lipinski definition) is 1. The highest BCUT2D eigenvalue weighted by molar-refractivity contribution is 5.25. The first-order valence-electron chi connectivity index (χ1n) is 6.00. The Labute approximate surface area is 100 Å². The van der Waals surface area contributed by atoms with E-state index in [1.165, 1.54) is 12.1 Å². The molecule has 1 aromatic carbocycles. The summed E-state index contributed by atoms with van der Waals surface area (Å²) in [4.78, 5) is 0. The highest BCUT2D eigenvalue weighted by atomic mass is 19.1. The SMILES string of the molecule is CC1(C)CCC(O)(c2ccc(F)cc2F)CC1. The Morgan fingerprint density at radius 3 is 2.18 bits per heavy atom. The van der Waals surface area contributed by atoms with E-state index in [9.17, 15) is 13.9 Å². The Kier molecular flexibility index (Phi) is 2.98. The van der Waals surface area contributed by atoms with Crippen molar-refractivity contribution in [3.05, 3.63) is 35.4 Å². The molecule has 1 aromatic rings. The minimum absolute atomic E-state index is 0.197. The summed E-state index contributed by atoms with van der Waals surface area (Å²) >= 11 is 0. The van der Waals surface area contributed by atoms with Gasteiger partial charge < -0.3 is 5.11 Å². The van der Waals surface area contributed by atoms with Gasteiger partial charge in [0.15, 0.2) is 0 Å². The summed E-state index contributed by atoms with van der Waals surface area (Å²) < 4.78 is 26.5. The maximum Gasteiger partial charge on any atom is 0.132 e. The monoisotopic (exact) mass is 240 g/mol. The number of rotatable bonds is 1. The van der Waals surface area contributed by atoms with Crippen molar-refractivity contribution in [3.8, 4) is 0 Å². The number of hydrogen-bond acceptors (Lipinski definition) is 1. The second-order valence-corrected chi connectivity index (χ2v) is 5.82. The predicted molar refractivity (Wildman–Crippen MR) is 62.5 cm³/mol. The van der Waals surface area contributed by atoms with Gasteiger partial charge in [-0.25, -0.2) is 8.78 Å². The van der Waals surface area contributed by atoms with E-state index in [2.05, 4.69) is 13.8 Å². The van der Waals surface area contributed by atoms with E-state index in [0.717, 1.165) is 18.9 Å². The minimum atomic E-state index is -1.13. The first-order valence-corrected chi connectivity index (χ1v) is 6.00. The minimum Gasteiger partial charge on any atom is -0.385 e. The molecule has 0 unspecified atom stereocenters. The summed E-state index contributed by atoms with van der Waals surface area (Å²) in [6, 6.07) is 3.41. The van der Waals surface area contributed by atoms with Crippen LogP contribution in [0.4, 0.5) is 8.78 Å². The van der Waals surface area contributed by atoms with Gasteiger partial charge >= 0.3 is 0 Å². The topological polar surface area (TPSA) is 20.2 Å². The molecule has 1 nitrogen and oxygen atoms in total. The molecule has 0 amide bonds. The van der Waals surface area contributed by atoms with Crippen LogP contribution in [0.5, 0.6) is 0 Å². The summed E-state index contributed by atoms with van der Waals surface area (Å²) in [6.07, 6.45) is 2.76. The standard InChI is InChI=1S/C14H18F2O/c1-13(2)5-7-14(17,8-6-13)11-4-3-10(15)9-12(11)16/h3-4,9,17H,5-8H2,1-2H3. The Hall–Kier alpha value is -0.960. The maximum atomic E-state index is 13.7. The Morgan fingerprint density at radius 2 is 1.65 bits per heavy atom. The van der Waals surface area contributed by atoms with E-state index in [1.807, 2.05) is 0 Å². The molecule has 1 fully saturated rings. The van der Waals surface area contributed by atoms with Crippen LogP contribution in [-0.2, 0) is 5.60 Å². The average Bonchev–Trinajstić information content (AvgIpc) is 2.23. The van der Waals surface area contributed by atoms with Crippen LogP contribution in [0.2, 0.25) is 0 Å². The lowest BCUT2D eigenvalue weighted by Crippen LogP contribution is -2.35. The van der Waals surface area contributed by atoms with Crippen LogP contribution in [0.15, 0.2) is 18.2 Å². The first kappa shape index (κ1) is 12.5. The third kappa shape index (κ3) is 2.49. The molecular weight excluding hydrogens is 222 g/mol. The van der Waals surface area contributed by atoms with Gasteiger partial charge in [0.25, 0.3) is 0 Å².